The van der Waals surface area contributed by atoms with Gasteiger partial charge in [0.2, 0.25) is 0 Å². The van der Waals surface area contributed by atoms with Gasteiger partial charge in [0.25, 0.3) is 5.91 Å². The molecule has 3 rings (SSSR count). The summed E-state index contributed by atoms with van der Waals surface area (Å²) in [4.78, 5) is 15.4. The van der Waals surface area contributed by atoms with Crippen molar-refractivity contribution in [2.24, 2.45) is 5.92 Å². The molecule has 1 aliphatic heterocycles. The van der Waals surface area contributed by atoms with E-state index < -0.39 is 0 Å². The van der Waals surface area contributed by atoms with Crippen LogP contribution in [0.2, 0.25) is 0 Å². The Balaban J connectivity index is 1.64. The fourth-order valence-corrected chi connectivity index (χ4v) is 3.96. The third-order valence-electron chi connectivity index (χ3n) is 5.60. The van der Waals surface area contributed by atoms with Crippen LogP contribution in [0.25, 0.3) is 0 Å². The molecule has 1 amide bonds. The van der Waals surface area contributed by atoms with Crippen molar-refractivity contribution >= 4 is 5.91 Å². The Morgan fingerprint density at radius 2 is 1.66 bits per heavy atom. The maximum atomic E-state index is 12.9. The number of hydrogen-bond acceptors (Lipinski definition) is 3. The van der Waals surface area contributed by atoms with Crippen molar-refractivity contribution in [2.45, 2.75) is 52.1 Å². The second kappa shape index (κ2) is 10.4. The number of amides is 1. The molecule has 2 aromatic carbocycles. The first-order valence-electron chi connectivity index (χ1n) is 10.8. The summed E-state index contributed by atoms with van der Waals surface area (Å²) in [5.74, 6) is 1.29. The number of methoxy groups -OCH3 is 1. The SMILES string of the molecule is COc1ccc([C@H](CC(C)C)NC(=O)c2ccc(CN3CCCCC3)cc2)cc1. The molecule has 0 saturated carbocycles. The monoisotopic (exact) mass is 394 g/mol. The van der Waals surface area contributed by atoms with Crippen LogP contribution in [0.1, 0.15) is 67.1 Å². The van der Waals surface area contributed by atoms with Gasteiger partial charge in [-0.15, -0.1) is 0 Å². The molecule has 4 heteroatoms. The Morgan fingerprint density at radius 1 is 1.00 bits per heavy atom. The molecule has 0 bridgehead atoms. The predicted octanol–water partition coefficient (Wildman–Crippen LogP) is 5.20. The highest BCUT2D eigenvalue weighted by molar-refractivity contribution is 5.94. The number of rotatable bonds is 8. The molecule has 0 aliphatic carbocycles. The van der Waals surface area contributed by atoms with Crippen molar-refractivity contribution in [3.63, 3.8) is 0 Å². The molecule has 0 spiro atoms. The van der Waals surface area contributed by atoms with E-state index in [2.05, 4.69) is 36.2 Å². The van der Waals surface area contributed by atoms with Crippen molar-refractivity contribution < 1.29 is 9.53 Å². The number of carbonyl (C=O) groups excluding carboxylic acids is 1. The number of benzene rings is 2. The van der Waals surface area contributed by atoms with Gasteiger partial charge >= 0.3 is 0 Å². The van der Waals surface area contributed by atoms with E-state index in [1.54, 1.807) is 7.11 Å². The normalized spacial score (nSPS) is 15.9. The molecule has 2 aromatic rings. The quantitative estimate of drug-likeness (QED) is 0.669. The minimum absolute atomic E-state index is 0.0126. The van der Waals surface area contributed by atoms with E-state index in [4.69, 9.17) is 4.74 Å². The van der Waals surface area contributed by atoms with E-state index in [1.165, 1.54) is 37.9 Å². The van der Waals surface area contributed by atoms with Crippen LogP contribution in [0.15, 0.2) is 48.5 Å². The first-order chi connectivity index (χ1) is 14.0. The van der Waals surface area contributed by atoms with Crippen LogP contribution < -0.4 is 10.1 Å². The Kier molecular flexibility index (Phi) is 7.70. The zero-order valence-corrected chi connectivity index (χ0v) is 18.0. The summed E-state index contributed by atoms with van der Waals surface area (Å²) in [7, 11) is 1.66. The number of nitrogens with one attached hydrogen (secondary N) is 1. The highest BCUT2D eigenvalue weighted by atomic mass is 16.5. The summed E-state index contributed by atoms with van der Waals surface area (Å²) in [5.41, 5.74) is 3.10. The maximum absolute atomic E-state index is 12.9. The molecule has 0 unspecified atom stereocenters. The number of likely N-dealkylation sites (tertiary alicyclic amines) is 1. The van der Waals surface area contributed by atoms with Gasteiger partial charge in [-0.05, 0) is 73.7 Å². The van der Waals surface area contributed by atoms with Crippen LogP contribution in [-0.2, 0) is 6.54 Å². The summed E-state index contributed by atoms with van der Waals surface area (Å²) in [6.45, 7) is 7.70. The Bertz CT molecular complexity index is 762. The van der Waals surface area contributed by atoms with Gasteiger partial charge in [0.15, 0.2) is 0 Å². The Morgan fingerprint density at radius 3 is 2.24 bits per heavy atom. The van der Waals surface area contributed by atoms with Crippen molar-refractivity contribution in [2.75, 3.05) is 20.2 Å². The van der Waals surface area contributed by atoms with Gasteiger partial charge in [0.05, 0.1) is 13.2 Å². The van der Waals surface area contributed by atoms with Crippen molar-refractivity contribution in [1.82, 2.24) is 10.2 Å². The van der Waals surface area contributed by atoms with Crippen LogP contribution in [0.3, 0.4) is 0 Å². The molecule has 1 fully saturated rings. The summed E-state index contributed by atoms with van der Waals surface area (Å²) in [5, 5.41) is 3.23. The summed E-state index contributed by atoms with van der Waals surface area (Å²) < 4.78 is 5.26. The number of piperidine rings is 1. The molecule has 1 heterocycles. The molecule has 1 aliphatic rings. The lowest BCUT2D eigenvalue weighted by Crippen LogP contribution is -2.30. The van der Waals surface area contributed by atoms with Gasteiger partial charge in [-0.1, -0.05) is 44.5 Å². The molecular weight excluding hydrogens is 360 g/mol. The van der Waals surface area contributed by atoms with Crippen LogP contribution in [-0.4, -0.2) is 31.0 Å². The van der Waals surface area contributed by atoms with Gasteiger partial charge in [-0.3, -0.25) is 9.69 Å². The Hall–Kier alpha value is -2.33. The number of hydrogen-bond donors (Lipinski definition) is 1. The molecule has 1 N–H and O–H groups in total. The largest absolute Gasteiger partial charge is 0.497 e. The number of nitrogens with zero attached hydrogens (tertiary/aromatic N) is 1. The summed E-state index contributed by atoms with van der Waals surface area (Å²) in [6, 6.07) is 16.0. The van der Waals surface area contributed by atoms with Crippen LogP contribution in [0, 0.1) is 5.92 Å². The van der Waals surface area contributed by atoms with E-state index in [1.807, 2.05) is 36.4 Å². The van der Waals surface area contributed by atoms with Gasteiger partial charge in [0.1, 0.15) is 5.75 Å². The van der Waals surface area contributed by atoms with Crippen LogP contribution >= 0.6 is 0 Å². The highest BCUT2D eigenvalue weighted by Gasteiger charge is 2.18. The molecule has 29 heavy (non-hydrogen) atoms. The zero-order valence-electron chi connectivity index (χ0n) is 18.0. The topological polar surface area (TPSA) is 41.6 Å². The molecule has 156 valence electrons. The molecule has 0 radical (unpaired) electrons. The minimum atomic E-state index is -0.0176. The van der Waals surface area contributed by atoms with Crippen LogP contribution in [0.5, 0.6) is 5.75 Å². The van der Waals surface area contributed by atoms with Gasteiger partial charge in [-0.25, -0.2) is 0 Å². The lowest BCUT2D eigenvalue weighted by atomic mass is 9.96. The molecule has 1 atom stereocenters. The standard InChI is InChI=1S/C25H34N2O2/c1-19(2)17-24(21-11-13-23(29-3)14-12-21)26-25(28)22-9-7-20(8-10-22)18-27-15-5-4-6-16-27/h7-14,19,24H,4-6,15-18H2,1-3H3,(H,26,28)/t24-/m0/s1. The lowest BCUT2D eigenvalue weighted by Gasteiger charge is -2.26. The van der Waals surface area contributed by atoms with Crippen molar-refractivity contribution in [3.05, 3.63) is 65.2 Å². The molecule has 1 saturated heterocycles. The Labute approximate surface area is 175 Å². The van der Waals surface area contributed by atoms with Crippen LogP contribution in [0.4, 0.5) is 0 Å². The fourth-order valence-electron chi connectivity index (χ4n) is 3.96. The van der Waals surface area contributed by atoms with Gasteiger partial charge < -0.3 is 10.1 Å². The van der Waals surface area contributed by atoms with Gasteiger partial charge in [0, 0.05) is 12.1 Å². The van der Waals surface area contributed by atoms with Crippen molar-refractivity contribution in [1.29, 1.82) is 0 Å². The average molecular weight is 395 g/mol. The minimum Gasteiger partial charge on any atom is -0.497 e. The first-order valence-corrected chi connectivity index (χ1v) is 10.8. The summed E-state index contributed by atoms with van der Waals surface area (Å²) >= 11 is 0. The van der Waals surface area contributed by atoms with E-state index in [0.29, 0.717) is 5.92 Å². The predicted molar refractivity (Wildman–Crippen MR) is 118 cm³/mol. The molecule has 4 nitrogen and oxygen atoms in total. The first kappa shape index (κ1) is 21.4. The summed E-state index contributed by atoms with van der Waals surface area (Å²) in [6.07, 6.45) is 4.83. The lowest BCUT2D eigenvalue weighted by molar-refractivity contribution is 0.0932. The third kappa shape index (κ3) is 6.33. The van der Waals surface area contributed by atoms with Crippen molar-refractivity contribution in [3.8, 4) is 5.75 Å². The number of ether oxygens (including phenoxy) is 1. The van der Waals surface area contributed by atoms with E-state index in [9.17, 15) is 4.79 Å². The second-order valence-electron chi connectivity index (χ2n) is 8.46. The smallest absolute Gasteiger partial charge is 0.251 e. The molecular formula is C25H34N2O2. The number of carbonyl (C=O) groups is 1. The highest BCUT2D eigenvalue weighted by Crippen LogP contribution is 2.24. The van der Waals surface area contributed by atoms with E-state index >= 15 is 0 Å². The molecule has 0 aromatic heterocycles. The zero-order chi connectivity index (χ0) is 20.6. The average Bonchev–Trinajstić information content (AvgIpc) is 2.74. The van der Waals surface area contributed by atoms with Gasteiger partial charge in [-0.2, -0.15) is 0 Å². The van der Waals surface area contributed by atoms with E-state index in [0.717, 1.165) is 29.8 Å². The fraction of sp³-hybridized carbons (Fsp3) is 0.480. The maximum Gasteiger partial charge on any atom is 0.251 e. The van der Waals surface area contributed by atoms with E-state index in [-0.39, 0.29) is 11.9 Å². The second-order valence-corrected chi connectivity index (χ2v) is 8.46. The third-order valence-corrected chi connectivity index (χ3v) is 5.60.